The first-order valence-corrected chi connectivity index (χ1v) is 9.00. The molecule has 0 bridgehead atoms. The van der Waals surface area contributed by atoms with Crippen LogP contribution in [0.25, 0.3) is 0 Å². The first-order valence-electron chi connectivity index (χ1n) is 6.72. The fourth-order valence-electron chi connectivity index (χ4n) is 2.19. The molecule has 0 radical (unpaired) electrons. The number of likely N-dealkylation sites (tertiary alicyclic amines) is 1. The molecule has 6 nitrogen and oxygen atoms in total. The molecule has 21 heavy (non-hydrogen) atoms. The van der Waals surface area contributed by atoms with E-state index >= 15 is 0 Å². The Morgan fingerprint density at radius 2 is 2.00 bits per heavy atom. The maximum atomic E-state index is 12.1. The largest absolute Gasteiger partial charge is 0.398 e. The van der Waals surface area contributed by atoms with Crippen LogP contribution in [0.1, 0.15) is 19.3 Å². The number of hydrogen-bond acceptors (Lipinski definition) is 4. The van der Waals surface area contributed by atoms with E-state index < -0.39 is 10.0 Å². The topological polar surface area (TPSA) is 92.5 Å². The van der Waals surface area contributed by atoms with Crippen molar-refractivity contribution in [3.8, 4) is 0 Å². The van der Waals surface area contributed by atoms with E-state index in [1.54, 1.807) is 11.0 Å². The fourth-order valence-corrected chi connectivity index (χ4v) is 3.50. The molecule has 1 aliphatic heterocycles. The molecule has 2 rings (SSSR count). The minimum absolute atomic E-state index is 0.00878. The molecule has 0 aromatic heterocycles. The monoisotopic (exact) mass is 375 g/mol. The third-order valence-corrected chi connectivity index (χ3v) is 5.55. The van der Waals surface area contributed by atoms with Crippen molar-refractivity contribution in [2.24, 2.45) is 0 Å². The number of rotatable bonds is 5. The lowest BCUT2D eigenvalue weighted by atomic mass is 10.3. The van der Waals surface area contributed by atoms with Crippen LogP contribution in [0.15, 0.2) is 27.6 Å². The number of nitrogens with two attached hydrogens (primary N) is 1. The molecule has 1 fully saturated rings. The number of hydrogen-bond donors (Lipinski definition) is 2. The predicted octanol–water partition coefficient (Wildman–Crippen LogP) is 1.32. The summed E-state index contributed by atoms with van der Waals surface area (Å²) >= 11 is 3.22. The number of nitrogens with one attached hydrogen (secondary N) is 1. The summed E-state index contributed by atoms with van der Waals surface area (Å²) in [4.78, 5) is 13.7. The van der Waals surface area contributed by atoms with E-state index in [1.165, 1.54) is 12.1 Å². The van der Waals surface area contributed by atoms with Gasteiger partial charge in [-0.15, -0.1) is 0 Å². The summed E-state index contributed by atoms with van der Waals surface area (Å²) in [5.74, 6) is -0.00878. The zero-order valence-corrected chi connectivity index (χ0v) is 13.9. The van der Waals surface area contributed by atoms with Crippen molar-refractivity contribution in [2.45, 2.75) is 24.2 Å². The van der Waals surface area contributed by atoms with Gasteiger partial charge in [0.15, 0.2) is 0 Å². The lowest BCUT2D eigenvalue weighted by Gasteiger charge is -2.15. The Hall–Kier alpha value is -1.12. The smallest absolute Gasteiger partial charge is 0.240 e. The Kier molecular flexibility index (Phi) is 5.23. The average Bonchev–Trinajstić information content (AvgIpc) is 2.95. The molecule has 0 saturated carbocycles. The number of anilines is 1. The zero-order chi connectivity index (χ0) is 15.5. The molecule has 1 aliphatic rings. The van der Waals surface area contributed by atoms with E-state index in [0.29, 0.717) is 10.2 Å². The van der Waals surface area contributed by atoms with E-state index in [0.717, 1.165) is 25.9 Å². The summed E-state index contributed by atoms with van der Waals surface area (Å²) in [6.45, 7) is 1.64. The molecule has 3 N–H and O–H groups in total. The van der Waals surface area contributed by atoms with Crippen molar-refractivity contribution in [3.05, 3.63) is 22.7 Å². The predicted molar refractivity (Wildman–Crippen MR) is 84.2 cm³/mol. The van der Waals surface area contributed by atoms with E-state index in [9.17, 15) is 13.2 Å². The van der Waals surface area contributed by atoms with E-state index in [1.807, 2.05) is 0 Å². The maximum absolute atomic E-state index is 12.1. The first-order chi connectivity index (χ1) is 9.90. The van der Waals surface area contributed by atoms with Gasteiger partial charge < -0.3 is 10.6 Å². The highest BCUT2D eigenvalue weighted by Gasteiger charge is 2.19. The van der Waals surface area contributed by atoms with Crippen molar-refractivity contribution in [1.29, 1.82) is 0 Å². The highest BCUT2D eigenvalue weighted by atomic mass is 79.9. The summed E-state index contributed by atoms with van der Waals surface area (Å²) in [6.07, 6.45) is 2.22. The molecule has 1 aromatic rings. The maximum Gasteiger partial charge on any atom is 0.240 e. The third kappa shape index (κ3) is 4.18. The van der Waals surface area contributed by atoms with Gasteiger partial charge in [0.1, 0.15) is 0 Å². The lowest BCUT2D eigenvalue weighted by Crippen LogP contribution is -2.32. The number of nitrogens with zero attached hydrogens (tertiary/aromatic N) is 1. The fraction of sp³-hybridized carbons (Fsp3) is 0.462. The zero-order valence-electron chi connectivity index (χ0n) is 11.5. The van der Waals surface area contributed by atoms with Crippen LogP contribution in [-0.2, 0) is 14.8 Å². The van der Waals surface area contributed by atoms with Crippen LogP contribution >= 0.6 is 15.9 Å². The lowest BCUT2D eigenvalue weighted by molar-refractivity contribution is -0.129. The number of halogens is 1. The number of nitrogen functional groups attached to an aromatic ring is 1. The van der Waals surface area contributed by atoms with Gasteiger partial charge in [-0.1, -0.05) is 0 Å². The van der Waals surface area contributed by atoms with Crippen LogP contribution in [0.4, 0.5) is 5.69 Å². The van der Waals surface area contributed by atoms with Crippen LogP contribution in [0.2, 0.25) is 0 Å². The number of sulfonamides is 1. The van der Waals surface area contributed by atoms with Crippen molar-refractivity contribution in [3.63, 3.8) is 0 Å². The van der Waals surface area contributed by atoms with Crippen molar-refractivity contribution < 1.29 is 13.2 Å². The van der Waals surface area contributed by atoms with Gasteiger partial charge in [-0.2, -0.15) is 0 Å². The van der Waals surface area contributed by atoms with E-state index in [2.05, 4.69) is 20.7 Å². The quantitative estimate of drug-likeness (QED) is 0.759. The Morgan fingerprint density at radius 1 is 1.33 bits per heavy atom. The van der Waals surface area contributed by atoms with Crippen LogP contribution in [0.5, 0.6) is 0 Å². The molecule has 0 spiro atoms. The van der Waals surface area contributed by atoms with E-state index in [4.69, 9.17) is 5.73 Å². The summed E-state index contributed by atoms with van der Waals surface area (Å²) in [5, 5.41) is 0. The van der Waals surface area contributed by atoms with Crippen molar-refractivity contribution >= 4 is 37.5 Å². The van der Waals surface area contributed by atoms with Crippen molar-refractivity contribution in [2.75, 3.05) is 25.4 Å². The van der Waals surface area contributed by atoms with Gasteiger partial charge in [-0.05, 0) is 47.0 Å². The molecule has 0 atom stereocenters. The molecule has 0 aliphatic carbocycles. The van der Waals surface area contributed by atoms with Crippen LogP contribution < -0.4 is 10.5 Å². The number of carbonyl (C=O) groups is 1. The van der Waals surface area contributed by atoms with Gasteiger partial charge in [0.2, 0.25) is 15.9 Å². The second-order valence-electron chi connectivity index (χ2n) is 4.92. The SMILES string of the molecule is Nc1cc(S(=O)(=O)NCCC(=O)N2CCCC2)ccc1Br. The van der Waals surface area contributed by atoms with Crippen LogP contribution in [0, 0.1) is 0 Å². The molecule has 1 saturated heterocycles. The Morgan fingerprint density at radius 3 is 2.62 bits per heavy atom. The first kappa shape index (κ1) is 16.3. The van der Waals surface area contributed by atoms with Gasteiger partial charge in [-0.3, -0.25) is 4.79 Å². The van der Waals surface area contributed by atoms with Crippen molar-refractivity contribution in [1.82, 2.24) is 9.62 Å². The van der Waals surface area contributed by atoms with Gasteiger partial charge >= 0.3 is 0 Å². The molecule has 1 aromatic carbocycles. The Labute approximate surface area is 132 Å². The average molecular weight is 376 g/mol. The van der Waals surface area contributed by atoms with Crippen LogP contribution in [-0.4, -0.2) is 38.9 Å². The third-order valence-electron chi connectivity index (χ3n) is 3.37. The molecule has 116 valence electrons. The van der Waals surface area contributed by atoms with Gasteiger partial charge in [0.05, 0.1) is 4.90 Å². The Balaban J connectivity index is 1.91. The Bertz CT molecular complexity index is 628. The summed E-state index contributed by atoms with van der Waals surface area (Å²) < 4.78 is 27.3. The highest BCUT2D eigenvalue weighted by molar-refractivity contribution is 9.10. The minimum Gasteiger partial charge on any atom is -0.398 e. The highest BCUT2D eigenvalue weighted by Crippen LogP contribution is 2.22. The number of benzene rings is 1. The van der Waals surface area contributed by atoms with Gasteiger partial charge in [0.25, 0.3) is 0 Å². The molecule has 1 heterocycles. The second kappa shape index (κ2) is 6.76. The normalized spacial score (nSPS) is 15.4. The van der Waals surface area contributed by atoms with Gasteiger partial charge in [-0.25, -0.2) is 13.1 Å². The summed E-state index contributed by atoms with van der Waals surface area (Å²) in [5.41, 5.74) is 6.03. The van der Waals surface area contributed by atoms with Gasteiger partial charge in [0, 0.05) is 36.2 Å². The number of amides is 1. The second-order valence-corrected chi connectivity index (χ2v) is 7.54. The molecular weight excluding hydrogens is 358 g/mol. The standard InChI is InChI=1S/C13H18BrN3O3S/c14-11-4-3-10(9-12(11)15)21(19,20)16-6-5-13(18)17-7-1-2-8-17/h3-4,9,16H,1-2,5-8,15H2. The molecule has 0 unspecified atom stereocenters. The molecule has 1 amide bonds. The van der Waals surface area contributed by atoms with E-state index in [-0.39, 0.29) is 23.8 Å². The minimum atomic E-state index is -3.64. The summed E-state index contributed by atoms with van der Waals surface area (Å²) in [6, 6.07) is 4.43. The summed E-state index contributed by atoms with van der Waals surface area (Å²) in [7, 11) is -3.64. The molecular formula is C13H18BrN3O3S. The van der Waals surface area contributed by atoms with Crippen LogP contribution in [0.3, 0.4) is 0 Å². The molecule has 8 heteroatoms. The number of carbonyl (C=O) groups excluding carboxylic acids is 1.